The van der Waals surface area contributed by atoms with Crippen LogP contribution in [0.15, 0.2) is 23.4 Å². The Hall–Kier alpha value is -1.73. The standard InChI is InChI=1S/C16H19ClN4O2S/c1-9(15(23)21-6-4-10(5-7-21)14(18)22)24-16-19-12-3-2-11(17)8-13(12)20-16/h2-3,8-10H,4-7H2,1H3,(H2,18,22)(H,19,20). The molecule has 24 heavy (non-hydrogen) atoms. The first-order valence-electron chi connectivity index (χ1n) is 7.84. The normalized spacial score (nSPS) is 17.2. The molecule has 1 aromatic heterocycles. The summed E-state index contributed by atoms with van der Waals surface area (Å²) in [6.07, 6.45) is 1.28. The third-order valence-electron chi connectivity index (χ3n) is 4.27. The number of thioether (sulfide) groups is 1. The van der Waals surface area contributed by atoms with Crippen LogP contribution in [-0.4, -0.2) is 45.0 Å². The van der Waals surface area contributed by atoms with Crippen LogP contribution in [0, 0.1) is 5.92 Å². The van der Waals surface area contributed by atoms with Gasteiger partial charge in [0.05, 0.1) is 16.3 Å². The number of nitrogens with one attached hydrogen (secondary N) is 1. The van der Waals surface area contributed by atoms with Crippen molar-refractivity contribution in [3.05, 3.63) is 23.2 Å². The fraction of sp³-hybridized carbons (Fsp3) is 0.438. The molecule has 1 aromatic carbocycles. The summed E-state index contributed by atoms with van der Waals surface area (Å²) in [6.45, 7) is 3.02. The number of benzene rings is 1. The molecule has 128 valence electrons. The number of imidazole rings is 1. The molecule has 0 saturated carbocycles. The van der Waals surface area contributed by atoms with Crippen LogP contribution < -0.4 is 5.73 Å². The van der Waals surface area contributed by atoms with Crippen LogP contribution in [0.1, 0.15) is 19.8 Å². The molecular formula is C16H19ClN4O2S. The quantitative estimate of drug-likeness (QED) is 0.813. The second kappa shape index (κ2) is 7.03. The topological polar surface area (TPSA) is 92.1 Å². The van der Waals surface area contributed by atoms with Gasteiger partial charge in [0.25, 0.3) is 0 Å². The van der Waals surface area contributed by atoms with E-state index in [0.29, 0.717) is 36.1 Å². The second-order valence-electron chi connectivity index (χ2n) is 5.97. The number of hydrogen-bond donors (Lipinski definition) is 2. The number of fused-ring (bicyclic) bond motifs is 1. The number of primary amides is 1. The predicted molar refractivity (Wildman–Crippen MR) is 94.9 cm³/mol. The zero-order chi connectivity index (χ0) is 17.3. The Bertz CT molecular complexity index is 771. The summed E-state index contributed by atoms with van der Waals surface area (Å²) in [5.74, 6) is -0.330. The van der Waals surface area contributed by atoms with Gasteiger partial charge in [-0.1, -0.05) is 23.4 Å². The highest BCUT2D eigenvalue weighted by molar-refractivity contribution is 8.00. The van der Waals surface area contributed by atoms with Crippen LogP contribution in [0.4, 0.5) is 0 Å². The number of aromatic nitrogens is 2. The molecule has 1 aliphatic heterocycles. The van der Waals surface area contributed by atoms with E-state index in [-0.39, 0.29) is 23.0 Å². The van der Waals surface area contributed by atoms with Crippen LogP contribution in [0.2, 0.25) is 5.02 Å². The fourth-order valence-corrected chi connectivity index (χ4v) is 3.95. The van der Waals surface area contributed by atoms with Gasteiger partial charge in [-0.2, -0.15) is 0 Å². The van der Waals surface area contributed by atoms with E-state index in [2.05, 4.69) is 9.97 Å². The second-order valence-corrected chi connectivity index (χ2v) is 7.73. The van der Waals surface area contributed by atoms with Crippen molar-refractivity contribution in [2.45, 2.75) is 30.2 Å². The molecule has 1 saturated heterocycles. The summed E-state index contributed by atoms with van der Waals surface area (Å²) in [5.41, 5.74) is 7.01. The van der Waals surface area contributed by atoms with Crippen molar-refractivity contribution in [3.63, 3.8) is 0 Å². The van der Waals surface area contributed by atoms with Crippen LogP contribution in [0.5, 0.6) is 0 Å². The van der Waals surface area contributed by atoms with Crippen molar-refractivity contribution in [1.82, 2.24) is 14.9 Å². The molecule has 0 spiro atoms. The molecule has 3 rings (SSSR count). The lowest BCUT2D eigenvalue weighted by Gasteiger charge is -2.32. The van der Waals surface area contributed by atoms with Gasteiger partial charge in [0.15, 0.2) is 5.16 Å². The number of carbonyl (C=O) groups is 2. The minimum atomic E-state index is -0.273. The first kappa shape index (κ1) is 17.1. The molecule has 8 heteroatoms. The van der Waals surface area contributed by atoms with Crippen LogP contribution in [-0.2, 0) is 9.59 Å². The first-order valence-corrected chi connectivity index (χ1v) is 9.10. The molecule has 2 amide bonds. The maximum atomic E-state index is 12.6. The van der Waals surface area contributed by atoms with E-state index in [1.807, 2.05) is 19.1 Å². The van der Waals surface area contributed by atoms with Crippen molar-refractivity contribution in [3.8, 4) is 0 Å². The van der Waals surface area contributed by atoms with Gasteiger partial charge in [-0.05, 0) is 38.0 Å². The van der Waals surface area contributed by atoms with E-state index in [1.54, 1.807) is 11.0 Å². The summed E-state index contributed by atoms with van der Waals surface area (Å²) in [5, 5.41) is 1.08. The molecule has 1 fully saturated rings. The Morgan fingerprint density at radius 3 is 2.79 bits per heavy atom. The highest BCUT2D eigenvalue weighted by Gasteiger charge is 2.29. The number of halogens is 1. The number of likely N-dealkylation sites (tertiary alicyclic amines) is 1. The van der Waals surface area contributed by atoms with Crippen LogP contribution in [0.25, 0.3) is 11.0 Å². The number of rotatable bonds is 4. The van der Waals surface area contributed by atoms with Crippen LogP contribution >= 0.6 is 23.4 Å². The third-order valence-corrected chi connectivity index (χ3v) is 5.47. The Morgan fingerprint density at radius 1 is 1.42 bits per heavy atom. The van der Waals surface area contributed by atoms with Gasteiger partial charge in [-0.25, -0.2) is 4.98 Å². The average Bonchev–Trinajstić information content (AvgIpc) is 2.95. The van der Waals surface area contributed by atoms with E-state index in [4.69, 9.17) is 17.3 Å². The molecule has 2 aromatic rings. The van der Waals surface area contributed by atoms with E-state index >= 15 is 0 Å². The third kappa shape index (κ3) is 3.67. The van der Waals surface area contributed by atoms with Crippen molar-refractivity contribution in [2.75, 3.05) is 13.1 Å². The van der Waals surface area contributed by atoms with E-state index < -0.39 is 0 Å². The number of H-pyrrole nitrogens is 1. The summed E-state index contributed by atoms with van der Waals surface area (Å²) < 4.78 is 0. The summed E-state index contributed by atoms with van der Waals surface area (Å²) in [7, 11) is 0. The summed E-state index contributed by atoms with van der Waals surface area (Å²) in [6, 6.07) is 5.45. The molecule has 3 N–H and O–H groups in total. The highest BCUT2D eigenvalue weighted by Crippen LogP contribution is 2.27. The highest BCUT2D eigenvalue weighted by atomic mass is 35.5. The SMILES string of the molecule is CC(Sc1nc2ccc(Cl)cc2[nH]1)C(=O)N1CCC(C(N)=O)CC1. The number of piperidine rings is 1. The van der Waals surface area contributed by atoms with Crippen molar-refractivity contribution in [1.29, 1.82) is 0 Å². The predicted octanol–water partition coefficient (Wildman–Crippen LogP) is 2.42. The number of amides is 2. The van der Waals surface area contributed by atoms with Crippen molar-refractivity contribution in [2.24, 2.45) is 11.7 Å². The minimum absolute atomic E-state index is 0.0569. The Morgan fingerprint density at radius 2 is 2.12 bits per heavy atom. The Kier molecular flexibility index (Phi) is 5.01. The molecule has 0 aliphatic carbocycles. The number of hydrogen-bond acceptors (Lipinski definition) is 4. The lowest BCUT2D eigenvalue weighted by molar-refractivity contribution is -0.134. The van der Waals surface area contributed by atoms with Gasteiger partial charge in [0, 0.05) is 24.0 Å². The molecule has 0 radical (unpaired) electrons. The van der Waals surface area contributed by atoms with Crippen molar-refractivity contribution >= 4 is 46.2 Å². The minimum Gasteiger partial charge on any atom is -0.369 e. The molecule has 1 atom stereocenters. The van der Waals surface area contributed by atoms with Gasteiger partial charge in [0.2, 0.25) is 11.8 Å². The monoisotopic (exact) mass is 366 g/mol. The molecule has 1 aliphatic rings. The van der Waals surface area contributed by atoms with Gasteiger partial charge in [0.1, 0.15) is 0 Å². The molecule has 0 bridgehead atoms. The zero-order valence-corrected chi connectivity index (χ0v) is 14.9. The number of aromatic amines is 1. The van der Waals surface area contributed by atoms with Gasteiger partial charge < -0.3 is 15.6 Å². The molecule has 6 nitrogen and oxygen atoms in total. The van der Waals surface area contributed by atoms with E-state index in [0.717, 1.165) is 11.0 Å². The fourth-order valence-electron chi connectivity index (χ4n) is 2.87. The largest absolute Gasteiger partial charge is 0.369 e. The lowest BCUT2D eigenvalue weighted by Crippen LogP contribution is -2.44. The lowest BCUT2D eigenvalue weighted by atomic mass is 9.96. The smallest absolute Gasteiger partial charge is 0.235 e. The van der Waals surface area contributed by atoms with Crippen LogP contribution in [0.3, 0.4) is 0 Å². The Balaban J connectivity index is 1.62. The molecule has 2 heterocycles. The van der Waals surface area contributed by atoms with Gasteiger partial charge >= 0.3 is 0 Å². The average molecular weight is 367 g/mol. The maximum absolute atomic E-state index is 12.6. The number of nitrogens with two attached hydrogens (primary N) is 1. The molecule has 1 unspecified atom stereocenters. The Labute approximate surface area is 149 Å². The molecular weight excluding hydrogens is 348 g/mol. The number of carbonyl (C=O) groups excluding carboxylic acids is 2. The van der Waals surface area contributed by atoms with Crippen molar-refractivity contribution < 1.29 is 9.59 Å². The maximum Gasteiger partial charge on any atom is 0.235 e. The van der Waals surface area contributed by atoms with E-state index in [1.165, 1.54) is 11.8 Å². The number of nitrogens with zero attached hydrogens (tertiary/aromatic N) is 2. The zero-order valence-electron chi connectivity index (χ0n) is 13.3. The van der Waals surface area contributed by atoms with Gasteiger partial charge in [-0.15, -0.1) is 0 Å². The first-order chi connectivity index (χ1) is 11.4. The summed E-state index contributed by atoms with van der Waals surface area (Å²) in [4.78, 5) is 33.2. The summed E-state index contributed by atoms with van der Waals surface area (Å²) >= 11 is 7.36. The van der Waals surface area contributed by atoms with Gasteiger partial charge in [-0.3, -0.25) is 9.59 Å². The van der Waals surface area contributed by atoms with E-state index in [9.17, 15) is 9.59 Å².